The predicted molar refractivity (Wildman–Crippen MR) is 90.7 cm³/mol. The molecule has 1 aromatic carbocycles. The highest BCUT2D eigenvalue weighted by Gasteiger charge is 2.18. The van der Waals surface area contributed by atoms with E-state index in [2.05, 4.69) is 44.6 Å². The molecule has 104 valence electrons. The van der Waals surface area contributed by atoms with Gasteiger partial charge < -0.3 is 10.6 Å². The third kappa shape index (κ3) is 2.72. The normalized spacial score (nSPS) is 15.3. The summed E-state index contributed by atoms with van der Waals surface area (Å²) in [7, 11) is 0. The number of rotatable bonds is 2. The Morgan fingerprint density at radius 1 is 1.00 bits per heavy atom. The lowest BCUT2D eigenvalue weighted by molar-refractivity contribution is 0.568. The van der Waals surface area contributed by atoms with Crippen LogP contribution in [-0.2, 0) is 0 Å². The fourth-order valence-corrected chi connectivity index (χ4v) is 3.03. The first-order chi connectivity index (χ1) is 9.75. The Morgan fingerprint density at radius 3 is 2.40 bits per heavy atom. The van der Waals surface area contributed by atoms with Gasteiger partial charge in [0.15, 0.2) is 0 Å². The van der Waals surface area contributed by atoms with E-state index < -0.39 is 0 Å². The van der Waals surface area contributed by atoms with Crippen LogP contribution in [0.4, 0.5) is 11.8 Å². The number of nitrogens with zero attached hydrogens (tertiary/aromatic N) is 3. The van der Waals surface area contributed by atoms with E-state index in [-0.39, 0.29) is 0 Å². The zero-order valence-electron chi connectivity index (χ0n) is 11.2. The molecule has 2 N–H and O–H groups in total. The molecule has 0 spiro atoms. The number of hydrogen-bond acceptors (Lipinski definition) is 4. The molecule has 0 amide bonds. The van der Waals surface area contributed by atoms with Gasteiger partial charge in [-0.05, 0) is 41.9 Å². The summed E-state index contributed by atoms with van der Waals surface area (Å²) < 4.78 is 0.926. The average molecular weight is 380 g/mol. The zero-order valence-corrected chi connectivity index (χ0v) is 13.4. The molecule has 2 aromatic rings. The molecule has 1 aromatic heterocycles. The van der Waals surface area contributed by atoms with E-state index in [4.69, 9.17) is 10.7 Å². The van der Waals surface area contributed by atoms with Gasteiger partial charge in [-0.25, -0.2) is 4.98 Å². The van der Waals surface area contributed by atoms with Crippen molar-refractivity contribution in [1.29, 1.82) is 0 Å². The number of aromatic nitrogens is 2. The maximum atomic E-state index is 6.08. The van der Waals surface area contributed by atoms with Crippen LogP contribution in [0.3, 0.4) is 0 Å². The van der Waals surface area contributed by atoms with Crippen molar-refractivity contribution in [3.63, 3.8) is 0 Å². The van der Waals surface area contributed by atoms with Gasteiger partial charge in [-0.15, -0.1) is 0 Å². The van der Waals surface area contributed by atoms with Crippen molar-refractivity contribution in [3.8, 4) is 11.3 Å². The molecular weight excluding hydrogens is 363 g/mol. The second-order valence-corrected chi connectivity index (χ2v) is 6.06. The summed E-state index contributed by atoms with van der Waals surface area (Å²) in [5.74, 6) is 1.33. The maximum absolute atomic E-state index is 6.08. The van der Waals surface area contributed by atoms with Gasteiger partial charge in [-0.3, -0.25) is 0 Å². The summed E-state index contributed by atoms with van der Waals surface area (Å²) >= 11 is 2.23. The van der Waals surface area contributed by atoms with Crippen LogP contribution in [0.1, 0.15) is 19.3 Å². The summed E-state index contributed by atoms with van der Waals surface area (Å²) in [5, 5.41) is 0. The van der Waals surface area contributed by atoms with Crippen LogP contribution in [-0.4, -0.2) is 23.1 Å². The summed E-state index contributed by atoms with van der Waals surface area (Å²) in [6.07, 6.45) is 3.70. The largest absolute Gasteiger partial charge is 0.383 e. The maximum Gasteiger partial charge on any atom is 0.227 e. The average Bonchev–Trinajstić information content (AvgIpc) is 2.51. The molecule has 4 nitrogen and oxygen atoms in total. The van der Waals surface area contributed by atoms with Gasteiger partial charge in [-0.1, -0.05) is 30.3 Å². The first kappa shape index (κ1) is 13.6. The highest BCUT2D eigenvalue weighted by atomic mass is 127. The van der Waals surface area contributed by atoms with Crippen molar-refractivity contribution in [2.24, 2.45) is 0 Å². The zero-order chi connectivity index (χ0) is 13.9. The molecule has 20 heavy (non-hydrogen) atoms. The minimum Gasteiger partial charge on any atom is -0.383 e. The Morgan fingerprint density at radius 2 is 1.70 bits per heavy atom. The topological polar surface area (TPSA) is 55.0 Å². The molecule has 1 aliphatic rings. The van der Waals surface area contributed by atoms with Gasteiger partial charge in [-0.2, -0.15) is 4.98 Å². The predicted octanol–water partition coefficient (Wildman–Crippen LogP) is 3.32. The van der Waals surface area contributed by atoms with Crippen molar-refractivity contribution in [3.05, 3.63) is 33.9 Å². The van der Waals surface area contributed by atoms with E-state index in [1.807, 2.05) is 18.2 Å². The highest BCUT2D eigenvalue weighted by molar-refractivity contribution is 14.1. The summed E-state index contributed by atoms with van der Waals surface area (Å²) in [5.41, 5.74) is 8.10. The van der Waals surface area contributed by atoms with Crippen molar-refractivity contribution >= 4 is 34.4 Å². The van der Waals surface area contributed by atoms with E-state index in [9.17, 15) is 0 Å². The number of nitrogen functional groups attached to an aromatic ring is 1. The molecule has 1 aliphatic heterocycles. The lowest BCUT2D eigenvalue weighted by Gasteiger charge is -2.27. The van der Waals surface area contributed by atoms with Gasteiger partial charge >= 0.3 is 0 Å². The van der Waals surface area contributed by atoms with Crippen LogP contribution in [0, 0.1) is 3.57 Å². The summed E-state index contributed by atoms with van der Waals surface area (Å²) in [4.78, 5) is 11.5. The van der Waals surface area contributed by atoms with Crippen LogP contribution in [0.15, 0.2) is 30.3 Å². The third-order valence-electron chi connectivity index (χ3n) is 3.55. The van der Waals surface area contributed by atoms with E-state index in [0.29, 0.717) is 5.82 Å². The minimum atomic E-state index is 0.569. The van der Waals surface area contributed by atoms with Crippen LogP contribution >= 0.6 is 22.6 Å². The van der Waals surface area contributed by atoms with Crippen LogP contribution in [0.2, 0.25) is 0 Å². The molecule has 1 fully saturated rings. The van der Waals surface area contributed by atoms with Crippen molar-refractivity contribution in [1.82, 2.24) is 9.97 Å². The second kappa shape index (κ2) is 5.95. The van der Waals surface area contributed by atoms with Crippen LogP contribution in [0.25, 0.3) is 11.3 Å². The quantitative estimate of drug-likeness (QED) is 0.813. The van der Waals surface area contributed by atoms with E-state index in [1.165, 1.54) is 19.3 Å². The molecule has 2 heterocycles. The minimum absolute atomic E-state index is 0.569. The molecule has 3 rings (SSSR count). The molecule has 0 saturated carbocycles. The first-order valence-electron chi connectivity index (χ1n) is 6.89. The second-order valence-electron chi connectivity index (χ2n) is 4.99. The fourth-order valence-electron chi connectivity index (χ4n) is 2.47. The lowest BCUT2D eigenvalue weighted by atomic mass is 10.1. The van der Waals surface area contributed by atoms with Crippen LogP contribution in [0.5, 0.6) is 0 Å². The number of piperidine rings is 1. The third-order valence-corrected chi connectivity index (χ3v) is 4.61. The standard InChI is InChI=1S/C15H17IN4/c16-12-13(11-7-3-1-4-8-11)18-15(19-14(12)17)20-9-5-2-6-10-20/h1,3-4,7-8H,2,5-6,9-10H2,(H2,17,18,19). The molecule has 0 unspecified atom stereocenters. The van der Waals surface area contributed by atoms with Gasteiger partial charge in [0.25, 0.3) is 0 Å². The number of anilines is 2. The van der Waals surface area contributed by atoms with Gasteiger partial charge in [0.2, 0.25) is 5.95 Å². The smallest absolute Gasteiger partial charge is 0.227 e. The fraction of sp³-hybridized carbons (Fsp3) is 0.333. The molecule has 0 bridgehead atoms. The monoisotopic (exact) mass is 380 g/mol. The van der Waals surface area contributed by atoms with Crippen molar-refractivity contribution in [2.45, 2.75) is 19.3 Å². The Kier molecular flexibility index (Phi) is 4.05. The highest BCUT2D eigenvalue weighted by Crippen LogP contribution is 2.29. The van der Waals surface area contributed by atoms with E-state index >= 15 is 0 Å². The molecular formula is C15H17IN4. The Hall–Kier alpha value is -1.37. The number of nitrogens with two attached hydrogens (primary N) is 1. The molecule has 1 saturated heterocycles. The van der Waals surface area contributed by atoms with Gasteiger partial charge in [0, 0.05) is 18.7 Å². The molecule has 0 atom stereocenters. The molecule has 0 aliphatic carbocycles. The SMILES string of the molecule is Nc1nc(N2CCCCC2)nc(-c2ccccc2)c1I. The molecule has 5 heteroatoms. The summed E-state index contributed by atoms with van der Waals surface area (Å²) in [6, 6.07) is 10.2. The Labute approximate surface area is 132 Å². The van der Waals surface area contributed by atoms with E-state index in [1.54, 1.807) is 0 Å². The molecule has 0 radical (unpaired) electrons. The number of benzene rings is 1. The first-order valence-corrected chi connectivity index (χ1v) is 7.97. The Bertz CT molecular complexity index is 594. The van der Waals surface area contributed by atoms with E-state index in [0.717, 1.165) is 33.9 Å². The van der Waals surface area contributed by atoms with Crippen LogP contribution < -0.4 is 10.6 Å². The Balaban J connectivity index is 2.03. The van der Waals surface area contributed by atoms with Crippen molar-refractivity contribution in [2.75, 3.05) is 23.7 Å². The number of halogens is 1. The van der Waals surface area contributed by atoms with Crippen molar-refractivity contribution < 1.29 is 0 Å². The van der Waals surface area contributed by atoms with Gasteiger partial charge in [0.1, 0.15) is 5.82 Å². The number of hydrogen-bond donors (Lipinski definition) is 1. The lowest BCUT2D eigenvalue weighted by Crippen LogP contribution is -2.31. The summed E-state index contributed by atoms with van der Waals surface area (Å²) in [6.45, 7) is 2.04. The van der Waals surface area contributed by atoms with Gasteiger partial charge in [0.05, 0.1) is 9.26 Å².